The van der Waals surface area contributed by atoms with Gasteiger partial charge in [0.15, 0.2) is 5.82 Å². The molecule has 0 saturated heterocycles. The van der Waals surface area contributed by atoms with Gasteiger partial charge in [0.25, 0.3) is 0 Å². The highest BCUT2D eigenvalue weighted by Gasteiger charge is 2.54. The van der Waals surface area contributed by atoms with Crippen LogP contribution in [-0.2, 0) is 16.9 Å². The number of fused-ring (bicyclic) bond motifs is 1. The zero-order valence-corrected chi connectivity index (χ0v) is 23.1. The summed E-state index contributed by atoms with van der Waals surface area (Å²) in [5, 5.41) is 24.2. The van der Waals surface area contributed by atoms with E-state index in [0.29, 0.717) is 18.8 Å². The van der Waals surface area contributed by atoms with Crippen molar-refractivity contribution in [2.24, 2.45) is 0 Å². The second kappa shape index (κ2) is 8.45. The Bertz CT molecular complexity index is 1160. The highest BCUT2D eigenvalue weighted by Crippen LogP contribution is 2.56. The maximum atomic E-state index is 13.6. The van der Waals surface area contributed by atoms with Crippen LogP contribution in [0.5, 0.6) is 0 Å². The first-order valence-corrected chi connectivity index (χ1v) is 16.6. The van der Waals surface area contributed by atoms with Crippen LogP contribution in [0.25, 0.3) is 0 Å². The van der Waals surface area contributed by atoms with Gasteiger partial charge in [-0.3, -0.25) is 9.89 Å². The van der Waals surface area contributed by atoms with E-state index in [0.717, 1.165) is 48.9 Å². The molecule has 1 aliphatic heterocycles. The number of urea groups is 1. The minimum atomic E-state index is -1.72. The molecule has 36 heavy (non-hydrogen) atoms. The fraction of sp³-hybridized carbons (Fsp3) is 0.593. The van der Waals surface area contributed by atoms with Crippen molar-refractivity contribution in [1.82, 2.24) is 20.4 Å². The lowest BCUT2D eigenvalue weighted by atomic mass is 9.83. The predicted molar refractivity (Wildman–Crippen MR) is 142 cm³/mol. The molecule has 1 aromatic heterocycles. The van der Waals surface area contributed by atoms with E-state index < -0.39 is 19.2 Å². The van der Waals surface area contributed by atoms with E-state index >= 15 is 0 Å². The summed E-state index contributed by atoms with van der Waals surface area (Å²) >= 11 is 0. The molecular weight excluding hydrogens is 470 g/mol. The maximum absolute atomic E-state index is 13.6. The molecule has 0 bridgehead atoms. The largest absolute Gasteiger partial charge is 0.390 e. The molecular formula is C27H39N5O3Si. The van der Waals surface area contributed by atoms with Crippen LogP contribution < -0.4 is 10.6 Å². The Morgan fingerprint density at radius 2 is 1.81 bits per heavy atom. The van der Waals surface area contributed by atoms with Gasteiger partial charge in [0.1, 0.15) is 0 Å². The second-order valence-electron chi connectivity index (χ2n) is 12.6. The van der Waals surface area contributed by atoms with Crippen LogP contribution in [0.1, 0.15) is 75.2 Å². The summed E-state index contributed by atoms with van der Waals surface area (Å²) in [5.74, 6) is 0.611. The molecule has 0 spiro atoms. The van der Waals surface area contributed by atoms with E-state index in [1.807, 2.05) is 44.2 Å². The van der Waals surface area contributed by atoms with Gasteiger partial charge in [-0.2, -0.15) is 5.10 Å². The number of H-pyrrole nitrogens is 1. The number of nitrogens with one attached hydrogen (secondary N) is 3. The Kier molecular flexibility index (Phi) is 5.87. The third kappa shape index (κ3) is 4.16. The van der Waals surface area contributed by atoms with E-state index in [1.165, 1.54) is 0 Å². The molecule has 4 N–H and O–H groups in total. The lowest BCUT2D eigenvalue weighted by molar-refractivity contribution is -0.121. The van der Waals surface area contributed by atoms with Gasteiger partial charge in [-0.25, -0.2) is 4.79 Å². The van der Waals surface area contributed by atoms with Crippen molar-refractivity contribution in [3.63, 3.8) is 0 Å². The van der Waals surface area contributed by atoms with Crippen molar-refractivity contribution >= 4 is 25.8 Å². The fourth-order valence-corrected chi connectivity index (χ4v) is 8.51. The third-order valence-electron chi connectivity index (χ3n) is 8.94. The Morgan fingerprint density at radius 1 is 1.14 bits per heavy atom. The summed E-state index contributed by atoms with van der Waals surface area (Å²) in [6.07, 6.45) is 4.99. The standard InChI is InChI=1S/C27H39N5O3Si/c1-25(2)21-19(22(31-30-21)29-23(33)27(12-9-13-27)36(3,4)5)17-32(25)24(34)28-20(16-26(35)14-15-26)18-10-7-6-8-11-18/h6-8,10-11,20,35H,9,12-17H2,1-5H3,(H,28,34)(H2,29,30,31,33)/t20-/m1/s1. The molecule has 3 amide bonds. The first kappa shape index (κ1) is 25.0. The molecule has 3 aliphatic rings. The summed E-state index contributed by atoms with van der Waals surface area (Å²) < 4.78 is 0. The quantitative estimate of drug-likeness (QED) is 0.393. The van der Waals surface area contributed by atoms with Crippen LogP contribution in [0.4, 0.5) is 10.6 Å². The molecule has 1 atom stereocenters. The average Bonchev–Trinajstić information content (AvgIpc) is 3.24. The maximum Gasteiger partial charge on any atom is 0.318 e. The van der Waals surface area contributed by atoms with Crippen molar-refractivity contribution in [3.05, 3.63) is 47.2 Å². The Hall–Kier alpha value is -2.65. The second-order valence-corrected chi connectivity index (χ2v) is 18.0. The van der Waals surface area contributed by atoms with Crippen LogP contribution in [0.2, 0.25) is 24.7 Å². The van der Waals surface area contributed by atoms with Gasteiger partial charge in [0, 0.05) is 17.0 Å². The summed E-state index contributed by atoms with van der Waals surface area (Å²) in [4.78, 5) is 28.8. The Labute approximate surface area is 214 Å². The monoisotopic (exact) mass is 509 g/mol. The van der Waals surface area contributed by atoms with Crippen molar-refractivity contribution in [1.29, 1.82) is 0 Å². The van der Waals surface area contributed by atoms with Gasteiger partial charge in [-0.15, -0.1) is 0 Å². The van der Waals surface area contributed by atoms with Gasteiger partial charge in [0.05, 0.1) is 37.5 Å². The highest BCUT2D eigenvalue weighted by atomic mass is 28.3. The van der Waals surface area contributed by atoms with Crippen LogP contribution in [0, 0.1) is 0 Å². The molecule has 2 fully saturated rings. The number of aromatic nitrogens is 2. The molecule has 0 unspecified atom stereocenters. The number of nitrogens with zero attached hydrogens (tertiary/aromatic N) is 2. The van der Waals surface area contributed by atoms with E-state index in [2.05, 4.69) is 40.5 Å². The molecule has 2 aliphatic carbocycles. The predicted octanol–water partition coefficient (Wildman–Crippen LogP) is 5.03. The zero-order valence-electron chi connectivity index (χ0n) is 22.1. The molecule has 8 nitrogen and oxygen atoms in total. The average molecular weight is 510 g/mol. The van der Waals surface area contributed by atoms with Crippen molar-refractivity contribution < 1.29 is 14.7 Å². The number of benzene rings is 1. The smallest absolute Gasteiger partial charge is 0.318 e. The van der Waals surface area contributed by atoms with Crippen molar-refractivity contribution in [3.8, 4) is 0 Å². The lowest BCUT2D eigenvalue weighted by Gasteiger charge is -2.48. The summed E-state index contributed by atoms with van der Waals surface area (Å²) in [6, 6.07) is 9.34. The van der Waals surface area contributed by atoms with E-state index in [4.69, 9.17) is 0 Å². The molecule has 9 heteroatoms. The summed E-state index contributed by atoms with van der Waals surface area (Å²) in [7, 11) is -1.72. The number of amides is 3. The number of hydrogen-bond acceptors (Lipinski definition) is 4. The minimum absolute atomic E-state index is 0.0738. The van der Waals surface area contributed by atoms with E-state index in [9.17, 15) is 14.7 Å². The lowest BCUT2D eigenvalue weighted by Crippen LogP contribution is -2.52. The molecule has 2 heterocycles. The van der Waals surface area contributed by atoms with Crippen molar-refractivity contribution in [2.75, 3.05) is 5.32 Å². The summed E-state index contributed by atoms with van der Waals surface area (Å²) in [6.45, 7) is 11.1. The van der Waals surface area contributed by atoms with Crippen LogP contribution in [0.3, 0.4) is 0 Å². The Balaban J connectivity index is 1.34. The topological polar surface area (TPSA) is 110 Å². The van der Waals surface area contributed by atoms with Gasteiger partial charge in [-0.1, -0.05) is 56.4 Å². The summed E-state index contributed by atoms with van der Waals surface area (Å²) in [5.41, 5.74) is 1.37. The molecule has 2 aromatic rings. The molecule has 1 aromatic carbocycles. The number of carbonyl (C=O) groups is 2. The third-order valence-corrected chi connectivity index (χ3v) is 12.5. The molecule has 0 radical (unpaired) electrons. The normalized spacial score (nSPS) is 21.8. The van der Waals surface area contributed by atoms with Crippen LogP contribution in [-0.4, -0.2) is 45.8 Å². The van der Waals surface area contributed by atoms with E-state index in [1.54, 1.807) is 4.90 Å². The number of aliphatic hydroxyl groups is 1. The van der Waals surface area contributed by atoms with Gasteiger partial charge < -0.3 is 20.6 Å². The Morgan fingerprint density at radius 3 is 2.36 bits per heavy atom. The van der Waals surface area contributed by atoms with E-state index in [-0.39, 0.29) is 23.0 Å². The number of aromatic amines is 1. The van der Waals surface area contributed by atoms with Gasteiger partial charge >= 0.3 is 6.03 Å². The molecule has 194 valence electrons. The number of hydrogen-bond donors (Lipinski definition) is 4. The molecule has 5 rings (SSSR count). The number of anilines is 1. The first-order chi connectivity index (χ1) is 16.9. The van der Waals surface area contributed by atoms with Crippen LogP contribution >= 0.6 is 0 Å². The highest BCUT2D eigenvalue weighted by molar-refractivity contribution is 6.83. The van der Waals surface area contributed by atoms with Crippen molar-refractivity contribution in [2.45, 2.75) is 101 Å². The fourth-order valence-electron chi connectivity index (χ4n) is 5.91. The molecule has 2 saturated carbocycles. The number of rotatable bonds is 7. The minimum Gasteiger partial charge on any atom is -0.390 e. The van der Waals surface area contributed by atoms with Gasteiger partial charge in [-0.05, 0) is 45.1 Å². The van der Waals surface area contributed by atoms with Gasteiger partial charge in [0.2, 0.25) is 5.91 Å². The SMILES string of the molecule is CC1(C)c2[nH]nc(NC(=O)C3([Si](C)(C)C)CCC3)c2CN1C(=O)N[C@H](CC1(O)CC1)c1ccccc1. The number of carbonyl (C=O) groups excluding carboxylic acids is 2. The first-order valence-electron chi connectivity index (χ1n) is 13.1. The van der Waals surface area contributed by atoms with Crippen LogP contribution in [0.15, 0.2) is 30.3 Å². The zero-order chi connectivity index (χ0) is 25.9.